The molecule has 0 spiro atoms. The summed E-state index contributed by atoms with van der Waals surface area (Å²) < 4.78 is 6.48. The molecule has 104 valence electrons. The maximum Gasteiger partial charge on any atom is 0.260 e. The van der Waals surface area contributed by atoms with Gasteiger partial charge in [-0.3, -0.25) is 4.79 Å². The molecule has 0 bridgehead atoms. The second kappa shape index (κ2) is 6.91. The number of quaternary nitrogens is 1. The summed E-state index contributed by atoms with van der Waals surface area (Å²) in [7, 11) is 0. The van der Waals surface area contributed by atoms with E-state index >= 15 is 0 Å². The number of carbonyl (C=O) groups is 1. The molecule has 1 fully saturated rings. The van der Waals surface area contributed by atoms with Crippen LogP contribution in [0.4, 0.5) is 0 Å². The lowest BCUT2D eigenvalue weighted by molar-refractivity contribution is -0.902. The summed E-state index contributed by atoms with van der Waals surface area (Å²) >= 11 is 3.38. The van der Waals surface area contributed by atoms with Crippen molar-refractivity contribution >= 4 is 21.8 Å². The summed E-state index contributed by atoms with van der Waals surface area (Å²) in [5, 5.41) is 0. The van der Waals surface area contributed by atoms with Crippen LogP contribution in [0, 0.1) is 0 Å². The number of hydrogen-bond donors (Lipinski definition) is 1. The molecule has 19 heavy (non-hydrogen) atoms. The van der Waals surface area contributed by atoms with E-state index in [0.29, 0.717) is 0 Å². The van der Waals surface area contributed by atoms with Crippen molar-refractivity contribution in [3.8, 4) is 5.75 Å². The van der Waals surface area contributed by atoms with Gasteiger partial charge in [0.1, 0.15) is 5.75 Å². The van der Waals surface area contributed by atoms with Gasteiger partial charge < -0.3 is 14.5 Å². The van der Waals surface area contributed by atoms with E-state index in [0.717, 1.165) is 42.9 Å². The minimum absolute atomic E-state index is 0.0788. The number of benzene rings is 1. The van der Waals surface area contributed by atoms with Gasteiger partial charge in [-0.25, -0.2) is 0 Å². The molecule has 0 saturated carbocycles. The summed E-state index contributed by atoms with van der Waals surface area (Å²) in [5.74, 6) is 0.802. The zero-order valence-corrected chi connectivity index (χ0v) is 12.8. The van der Waals surface area contributed by atoms with E-state index in [9.17, 15) is 4.79 Å². The lowest BCUT2D eigenvalue weighted by atomic mass is 10.3. The number of amides is 1. The van der Waals surface area contributed by atoms with Crippen molar-refractivity contribution in [2.24, 2.45) is 0 Å². The Bertz CT molecular complexity index is 431. The highest BCUT2D eigenvalue weighted by atomic mass is 79.9. The van der Waals surface area contributed by atoms with Crippen LogP contribution in [-0.2, 0) is 4.79 Å². The number of likely N-dealkylation sites (N-methyl/N-ethyl adjacent to an activating group) is 1. The number of carbonyl (C=O) groups excluding carboxylic acids is 1. The van der Waals surface area contributed by atoms with Crippen molar-refractivity contribution in [3.05, 3.63) is 28.7 Å². The molecule has 4 nitrogen and oxygen atoms in total. The molecule has 1 amide bonds. The fourth-order valence-corrected chi connectivity index (χ4v) is 2.60. The van der Waals surface area contributed by atoms with Gasteiger partial charge in [-0.05, 0) is 25.1 Å². The average molecular weight is 328 g/mol. The van der Waals surface area contributed by atoms with Crippen LogP contribution < -0.4 is 9.64 Å². The Morgan fingerprint density at radius 2 is 2.16 bits per heavy atom. The highest BCUT2D eigenvalue weighted by Gasteiger charge is 2.22. The maximum absolute atomic E-state index is 12.0. The van der Waals surface area contributed by atoms with Crippen LogP contribution in [-0.4, -0.2) is 50.1 Å². The maximum atomic E-state index is 12.0. The van der Waals surface area contributed by atoms with Gasteiger partial charge in [0, 0.05) is 4.47 Å². The Labute approximate surface area is 122 Å². The molecule has 1 saturated heterocycles. The predicted octanol–water partition coefficient (Wildman–Crippen LogP) is 0.575. The van der Waals surface area contributed by atoms with Crippen molar-refractivity contribution in [3.63, 3.8) is 0 Å². The molecule has 2 rings (SSSR count). The van der Waals surface area contributed by atoms with Crippen LogP contribution in [0.3, 0.4) is 0 Å². The molecule has 0 aliphatic carbocycles. The third-order valence-electron chi connectivity index (χ3n) is 3.48. The second-order valence-corrected chi connectivity index (χ2v) is 5.65. The van der Waals surface area contributed by atoms with E-state index in [2.05, 4.69) is 22.9 Å². The van der Waals surface area contributed by atoms with Gasteiger partial charge in [0.05, 0.1) is 32.7 Å². The first-order valence-electron chi connectivity index (χ1n) is 6.68. The minimum atomic E-state index is 0.0788. The summed E-state index contributed by atoms with van der Waals surface area (Å²) in [4.78, 5) is 15.5. The van der Waals surface area contributed by atoms with Crippen LogP contribution in [0.1, 0.15) is 6.92 Å². The van der Waals surface area contributed by atoms with E-state index < -0.39 is 0 Å². The predicted molar refractivity (Wildman–Crippen MR) is 77.5 cm³/mol. The van der Waals surface area contributed by atoms with Crippen LogP contribution in [0.15, 0.2) is 28.7 Å². The van der Waals surface area contributed by atoms with Crippen LogP contribution in [0.25, 0.3) is 0 Å². The Balaban J connectivity index is 1.79. The summed E-state index contributed by atoms with van der Waals surface area (Å²) in [6.45, 7) is 7.20. The molecule has 0 atom stereocenters. The molecule has 1 N–H and O–H groups in total. The highest BCUT2D eigenvalue weighted by Crippen LogP contribution is 2.17. The number of piperazine rings is 1. The lowest BCUT2D eigenvalue weighted by Gasteiger charge is -2.31. The molecule has 1 aromatic rings. The Kier molecular flexibility index (Phi) is 5.22. The molecule has 1 aliphatic rings. The molecule has 5 heteroatoms. The number of nitrogens with one attached hydrogen (secondary N) is 1. The van der Waals surface area contributed by atoms with Crippen molar-refractivity contribution in [2.75, 3.05) is 39.3 Å². The van der Waals surface area contributed by atoms with E-state index in [1.54, 1.807) is 4.90 Å². The molecule has 0 unspecified atom stereocenters. The summed E-state index contributed by atoms with van der Waals surface area (Å²) in [6.07, 6.45) is 0. The first-order chi connectivity index (χ1) is 9.19. The topological polar surface area (TPSA) is 34.0 Å². The molecular weight excluding hydrogens is 308 g/mol. The molecule has 1 aliphatic heterocycles. The fraction of sp³-hybridized carbons (Fsp3) is 0.500. The largest absolute Gasteiger partial charge is 0.484 e. The summed E-state index contributed by atoms with van der Waals surface area (Å²) in [5.41, 5.74) is 0. The Hall–Kier alpha value is -1.07. The van der Waals surface area contributed by atoms with Crippen molar-refractivity contribution in [1.29, 1.82) is 0 Å². The lowest BCUT2D eigenvalue weighted by Crippen LogP contribution is -3.14. The highest BCUT2D eigenvalue weighted by molar-refractivity contribution is 9.10. The average Bonchev–Trinajstić information content (AvgIpc) is 2.45. The monoisotopic (exact) mass is 327 g/mol. The van der Waals surface area contributed by atoms with Crippen molar-refractivity contribution < 1.29 is 14.4 Å². The van der Waals surface area contributed by atoms with Gasteiger partial charge in [-0.1, -0.05) is 22.0 Å². The van der Waals surface area contributed by atoms with Crippen molar-refractivity contribution in [2.45, 2.75) is 6.92 Å². The van der Waals surface area contributed by atoms with E-state index in [-0.39, 0.29) is 12.5 Å². The number of halogens is 1. The zero-order chi connectivity index (χ0) is 13.7. The molecule has 0 radical (unpaired) electrons. The second-order valence-electron chi connectivity index (χ2n) is 4.73. The standard InChI is InChI=1S/C14H19BrN2O2/c1-2-16-6-8-17(9-7-16)14(18)11-19-13-5-3-4-12(15)10-13/h3-5,10H,2,6-9,11H2,1H3/p+1. The third-order valence-corrected chi connectivity index (χ3v) is 3.97. The number of nitrogens with zero attached hydrogens (tertiary/aromatic N) is 1. The van der Waals surface area contributed by atoms with Gasteiger partial charge in [0.2, 0.25) is 0 Å². The number of rotatable bonds is 4. The first-order valence-corrected chi connectivity index (χ1v) is 7.48. The Morgan fingerprint density at radius 3 is 2.79 bits per heavy atom. The van der Waals surface area contributed by atoms with Crippen LogP contribution in [0.5, 0.6) is 5.75 Å². The van der Waals surface area contributed by atoms with Gasteiger partial charge >= 0.3 is 0 Å². The van der Waals surface area contributed by atoms with Crippen LogP contribution >= 0.6 is 15.9 Å². The van der Waals surface area contributed by atoms with E-state index in [1.165, 1.54) is 0 Å². The zero-order valence-electron chi connectivity index (χ0n) is 11.2. The first kappa shape index (κ1) is 14.3. The SMILES string of the molecule is CC[NH+]1CCN(C(=O)COc2cccc(Br)c2)CC1. The molecule has 1 aromatic carbocycles. The van der Waals surface area contributed by atoms with Crippen LogP contribution in [0.2, 0.25) is 0 Å². The quantitative estimate of drug-likeness (QED) is 0.877. The molecule has 0 aromatic heterocycles. The van der Waals surface area contributed by atoms with Gasteiger partial charge in [-0.2, -0.15) is 0 Å². The number of ether oxygens (including phenoxy) is 1. The third kappa shape index (κ3) is 4.21. The minimum Gasteiger partial charge on any atom is -0.484 e. The number of hydrogen-bond acceptors (Lipinski definition) is 2. The normalized spacial score (nSPS) is 16.4. The van der Waals surface area contributed by atoms with Gasteiger partial charge in [0.25, 0.3) is 5.91 Å². The van der Waals surface area contributed by atoms with E-state index in [1.807, 2.05) is 29.2 Å². The Morgan fingerprint density at radius 1 is 1.42 bits per heavy atom. The van der Waals surface area contributed by atoms with Gasteiger partial charge in [-0.15, -0.1) is 0 Å². The molecular formula is C14H20BrN2O2+. The fourth-order valence-electron chi connectivity index (χ4n) is 2.22. The smallest absolute Gasteiger partial charge is 0.260 e. The van der Waals surface area contributed by atoms with E-state index in [4.69, 9.17) is 4.74 Å². The van der Waals surface area contributed by atoms with Crippen molar-refractivity contribution in [1.82, 2.24) is 4.90 Å². The molecule has 1 heterocycles. The van der Waals surface area contributed by atoms with Gasteiger partial charge in [0.15, 0.2) is 6.61 Å². The summed E-state index contributed by atoms with van der Waals surface area (Å²) in [6, 6.07) is 7.55.